The van der Waals surface area contributed by atoms with Crippen molar-refractivity contribution >= 4 is 43.0 Å². The van der Waals surface area contributed by atoms with Gasteiger partial charge in [0, 0.05) is 12.1 Å². The van der Waals surface area contributed by atoms with Crippen molar-refractivity contribution < 1.29 is 13.2 Å². The van der Waals surface area contributed by atoms with Gasteiger partial charge in [0.25, 0.3) is 0 Å². The molecule has 0 spiro atoms. The molecule has 1 aromatic heterocycles. The molecule has 1 saturated carbocycles. The summed E-state index contributed by atoms with van der Waals surface area (Å²) in [5.74, 6) is -0.442. The molecule has 5 rings (SSSR count). The summed E-state index contributed by atoms with van der Waals surface area (Å²) in [6.07, 6.45) is 2.83. The number of aromatic nitrogens is 1. The van der Waals surface area contributed by atoms with Gasteiger partial charge in [-0.15, -0.1) is 11.3 Å². The van der Waals surface area contributed by atoms with Crippen molar-refractivity contribution in [2.45, 2.75) is 41.7 Å². The van der Waals surface area contributed by atoms with E-state index < -0.39 is 20.5 Å². The van der Waals surface area contributed by atoms with Crippen LogP contribution in [0.25, 0.3) is 10.2 Å². The highest BCUT2D eigenvalue weighted by Crippen LogP contribution is 2.41. The molecular weight excluding hydrogens is 452 g/mol. The molecule has 3 aromatic carbocycles. The van der Waals surface area contributed by atoms with Gasteiger partial charge in [0.15, 0.2) is 14.6 Å². The Labute approximate surface area is 197 Å². The largest absolute Gasteiger partial charge is 0.325 e. The lowest BCUT2D eigenvalue weighted by atomic mass is 10.1. The molecular formula is C26H24N2O3S2. The minimum Gasteiger partial charge on any atom is -0.325 e. The van der Waals surface area contributed by atoms with Crippen LogP contribution in [0.5, 0.6) is 0 Å². The van der Waals surface area contributed by atoms with Crippen molar-refractivity contribution in [2.24, 2.45) is 0 Å². The van der Waals surface area contributed by atoms with Crippen LogP contribution < -0.4 is 5.32 Å². The lowest BCUT2D eigenvalue weighted by Crippen LogP contribution is -2.47. The first-order valence-electron chi connectivity index (χ1n) is 11.0. The smallest absolute Gasteiger partial charge is 0.246 e. The molecule has 5 nitrogen and oxygen atoms in total. The van der Waals surface area contributed by atoms with E-state index in [0.29, 0.717) is 24.9 Å². The predicted octanol–water partition coefficient (Wildman–Crippen LogP) is 5.61. The summed E-state index contributed by atoms with van der Waals surface area (Å²) < 4.78 is 26.6. The number of anilines is 1. The number of thiazole rings is 1. The van der Waals surface area contributed by atoms with E-state index in [2.05, 4.69) is 16.4 Å². The molecule has 0 unspecified atom stereocenters. The van der Waals surface area contributed by atoms with Crippen molar-refractivity contribution in [3.63, 3.8) is 0 Å². The number of nitrogens with one attached hydrogen (secondary N) is 1. The van der Waals surface area contributed by atoms with Crippen LogP contribution in [-0.4, -0.2) is 24.1 Å². The van der Waals surface area contributed by atoms with Gasteiger partial charge in [-0.1, -0.05) is 55.3 Å². The molecule has 1 aliphatic carbocycles. The van der Waals surface area contributed by atoms with E-state index in [1.807, 2.05) is 42.5 Å². The van der Waals surface area contributed by atoms with Crippen LogP contribution >= 0.6 is 11.3 Å². The van der Waals surface area contributed by atoms with E-state index in [-0.39, 0.29) is 4.90 Å². The summed E-state index contributed by atoms with van der Waals surface area (Å²) in [4.78, 5) is 18.2. The lowest BCUT2D eigenvalue weighted by Gasteiger charge is -2.27. The Morgan fingerprint density at radius 1 is 0.909 bits per heavy atom. The molecule has 0 bridgehead atoms. The van der Waals surface area contributed by atoms with Crippen molar-refractivity contribution in [3.8, 4) is 0 Å². The number of amides is 1. The number of hydrogen-bond donors (Lipinski definition) is 1. The second-order valence-electron chi connectivity index (χ2n) is 8.42. The molecule has 1 fully saturated rings. The summed E-state index contributed by atoms with van der Waals surface area (Å²) >= 11 is 1.68. The Morgan fingerprint density at radius 2 is 1.58 bits per heavy atom. The molecule has 1 aliphatic rings. The number of sulfone groups is 1. The summed E-state index contributed by atoms with van der Waals surface area (Å²) in [5, 5.41) is 3.92. The summed E-state index contributed by atoms with van der Waals surface area (Å²) in [6, 6.07) is 23.9. The zero-order chi connectivity index (χ0) is 22.9. The first kappa shape index (κ1) is 21.8. The number of para-hydroxylation sites is 1. The Bertz CT molecular complexity index is 1360. The quantitative estimate of drug-likeness (QED) is 0.392. The SMILES string of the molecule is O=C(Nc1ccc(Cc2nc3ccccc3s2)cc1)C1(S(=O)(=O)c2ccccc2)CCCC1. The van der Waals surface area contributed by atoms with Gasteiger partial charge in [-0.25, -0.2) is 13.4 Å². The topological polar surface area (TPSA) is 76.1 Å². The highest BCUT2D eigenvalue weighted by atomic mass is 32.2. The minimum atomic E-state index is -3.80. The van der Waals surface area contributed by atoms with E-state index >= 15 is 0 Å². The third-order valence-corrected chi connectivity index (χ3v) is 9.85. The molecule has 0 radical (unpaired) electrons. The monoisotopic (exact) mass is 476 g/mol. The number of nitrogens with zero attached hydrogens (tertiary/aromatic N) is 1. The van der Waals surface area contributed by atoms with E-state index in [0.717, 1.165) is 33.6 Å². The van der Waals surface area contributed by atoms with Crippen molar-refractivity contribution in [2.75, 3.05) is 5.32 Å². The van der Waals surface area contributed by atoms with Crippen LogP contribution in [0.4, 0.5) is 5.69 Å². The number of fused-ring (bicyclic) bond motifs is 1. The van der Waals surface area contributed by atoms with Gasteiger partial charge >= 0.3 is 0 Å². The van der Waals surface area contributed by atoms with E-state index in [4.69, 9.17) is 0 Å². The van der Waals surface area contributed by atoms with Gasteiger partial charge in [0.05, 0.1) is 20.1 Å². The highest BCUT2D eigenvalue weighted by Gasteiger charge is 2.52. The van der Waals surface area contributed by atoms with Crippen molar-refractivity contribution in [1.29, 1.82) is 0 Å². The van der Waals surface area contributed by atoms with Crippen LogP contribution in [0.3, 0.4) is 0 Å². The number of carbonyl (C=O) groups excluding carboxylic acids is 1. The second-order valence-corrected chi connectivity index (χ2v) is 11.8. The van der Waals surface area contributed by atoms with Gasteiger partial charge < -0.3 is 5.32 Å². The fourth-order valence-electron chi connectivity index (χ4n) is 4.51. The van der Waals surface area contributed by atoms with Gasteiger partial charge in [0.1, 0.15) is 0 Å². The Morgan fingerprint density at radius 3 is 2.27 bits per heavy atom. The molecule has 33 heavy (non-hydrogen) atoms. The van der Waals surface area contributed by atoms with Crippen LogP contribution in [0.1, 0.15) is 36.3 Å². The fourth-order valence-corrected chi connectivity index (χ4v) is 7.60. The van der Waals surface area contributed by atoms with Gasteiger partial charge in [0.2, 0.25) is 5.91 Å². The third-order valence-electron chi connectivity index (χ3n) is 6.30. The molecule has 1 amide bonds. The summed E-state index contributed by atoms with van der Waals surface area (Å²) in [6.45, 7) is 0. The highest BCUT2D eigenvalue weighted by molar-refractivity contribution is 7.93. The van der Waals surface area contributed by atoms with Gasteiger partial charge in [-0.05, 0) is 54.8 Å². The second kappa shape index (κ2) is 8.72. The molecule has 4 aromatic rings. The Hall–Kier alpha value is -3.03. The molecule has 0 aliphatic heterocycles. The molecule has 1 N–H and O–H groups in total. The number of benzene rings is 3. The maximum absolute atomic E-state index is 13.5. The first-order valence-corrected chi connectivity index (χ1v) is 13.3. The van der Waals surface area contributed by atoms with Crippen LogP contribution in [-0.2, 0) is 21.1 Å². The third kappa shape index (κ3) is 4.07. The van der Waals surface area contributed by atoms with E-state index in [9.17, 15) is 13.2 Å². The lowest BCUT2D eigenvalue weighted by molar-refractivity contribution is -0.118. The van der Waals surface area contributed by atoms with E-state index in [1.165, 1.54) is 0 Å². The number of hydrogen-bond acceptors (Lipinski definition) is 5. The predicted molar refractivity (Wildman–Crippen MR) is 132 cm³/mol. The van der Waals surface area contributed by atoms with Crippen molar-refractivity contribution in [3.05, 3.63) is 89.4 Å². The van der Waals surface area contributed by atoms with Crippen LogP contribution in [0.2, 0.25) is 0 Å². The normalized spacial score (nSPS) is 15.5. The van der Waals surface area contributed by atoms with E-state index in [1.54, 1.807) is 41.7 Å². The Balaban J connectivity index is 1.34. The van der Waals surface area contributed by atoms with Gasteiger partial charge in [-0.3, -0.25) is 4.79 Å². The number of rotatable bonds is 6. The molecule has 7 heteroatoms. The van der Waals surface area contributed by atoms with Crippen LogP contribution in [0, 0.1) is 0 Å². The molecule has 1 heterocycles. The van der Waals surface area contributed by atoms with Crippen LogP contribution in [0.15, 0.2) is 83.8 Å². The Kier molecular flexibility index (Phi) is 5.76. The fraction of sp³-hybridized carbons (Fsp3) is 0.231. The maximum atomic E-state index is 13.5. The van der Waals surface area contributed by atoms with Gasteiger partial charge in [-0.2, -0.15) is 0 Å². The summed E-state index contributed by atoms with van der Waals surface area (Å²) in [7, 11) is -3.80. The van der Waals surface area contributed by atoms with Crippen molar-refractivity contribution in [1.82, 2.24) is 4.98 Å². The zero-order valence-electron chi connectivity index (χ0n) is 18.0. The first-order chi connectivity index (χ1) is 16.0. The maximum Gasteiger partial charge on any atom is 0.246 e. The molecule has 168 valence electrons. The summed E-state index contributed by atoms with van der Waals surface area (Å²) in [5.41, 5.74) is 2.69. The standard InChI is InChI=1S/C26H24N2O3S2/c29-25(26(16-6-7-17-26)33(30,31)21-8-2-1-3-9-21)27-20-14-12-19(13-15-20)18-24-28-22-10-4-5-11-23(22)32-24/h1-5,8-15H,6-7,16-18H2,(H,27,29). The minimum absolute atomic E-state index is 0.202. The number of carbonyl (C=O) groups is 1. The average molecular weight is 477 g/mol. The average Bonchev–Trinajstić information content (AvgIpc) is 3.49. The molecule has 0 atom stereocenters. The zero-order valence-corrected chi connectivity index (χ0v) is 19.7. The molecule has 0 saturated heterocycles.